The van der Waals surface area contributed by atoms with Gasteiger partial charge in [-0.25, -0.2) is 31.4 Å². The van der Waals surface area contributed by atoms with Crippen molar-refractivity contribution in [3.8, 4) is 5.69 Å². The molecule has 0 saturated heterocycles. The number of aromatic nitrogens is 2. The standard InChI is InChI=1S/C32H30F2N4O8S/c1-4-5-27(39)20-8-12-23(13-9-20)47(45,46)36-21-16-24(33)29(25(34)17-21)30(41)35-26(31(42)43)15-19-6-10-22(11-7-19)38-28(40)14-18(2)37(3)32(38)44/h6-14,16-17,26,36H,4-5,15H2,1-3H3,(H,35,41)(H,42,43)/t26-/m0/s1. The van der Waals surface area contributed by atoms with E-state index >= 15 is 0 Å². The van der Waals surface area contributed by atoms with E-state index in [4.69, 9.17) is 0 Å². The van der Waals surface area contributed by atoms with Crippen molar-refractivity contribution < 1.29 is 36.7 Å². The molecule has 1 atom stereocenters. The Morgan fingerprint density at radius 1 is 0.936 bits per heavy atom. The molecule has 0 spiro atoms. The Kier molecular flexibility index (Phi) is 10.2. The third-order valence-corrected chi connectivity index (χ3v) is 8.68. The summed E-state index contributed by atoms with van der Waals surface area (Å²) in [6, 6.07) is 11.4. The lowest BCUT2D eigenvalue weighted by Crippen LogP contribution is -2.43. The number of halogens is 2. The van der Waals surface area contributed by atoms with Crippen LogP contribution >= 0.6 is 0 Å². The first kappa shape index (κ1) is 34.4. The Bertz CT molecular complexity index is 2070. The number of carboxylic acid groups (broad SMARTS) is 1. The first-order valence-electron chi connectivity index (χ1n) is 14.2. The van der Waals surface area contributed by atoms with E-state index in [0.29, 0.717) is 35.4 Å². The van der Waals surface area contributed by atoms with Crippen molar-refractivity contribution >= 4 is 33.4 Å². The molecular weight excluding hydrogens is 638 g/mol. The summed E-state index contributed by atoms with van der Waals surface area (Å²) in [4.78, 5) is 61.5. The molecule has 246 valence electrons. The van der Waals surface area contributed by atoms with Crippen LogP contribution in [0.3, 0.4) is 0 Å². The van der Waals surface area contributed by atoms with Crippen LogP contribution in [0.2, 0.25) is 0 Å². The quantitative estimate of drug-likeness (QED) is 0.193. The van der Waals surface area contributed by atoms with Gasteiger partial charge in [-0.15, -0.1) is 0 Å². The van der Waals surface area contributed by atoms with E-state index < -0.39 is 62.1 Å². The van der Waals surface area contributed by atoms with Crippen LogP contribution in [0.15, 0.2) is 81.2 Å². The van der Waals surface area contributed by atoms with Crippen LogP contribution in [0.4, 0.5) is 14.5 Å². The van der Waals surface area contributed by atoms with Crippen molar-refractivity contribution in [1.82, 2.24) is 14.5 Å². The molecule has 0 bridgehead atoms. The third-order valence-electron chi connectivity index (χ3n) is 7.28. The molecule has 12 nitrogen and oxygen atoms in total. The fourth-order valence-electron chi connectivity index (χ4n) is 4.67. The molecule has 1 heterocycles. The SMILES string of the molecule is CCCC(=O)c1ccc(S(=O)(=O)Nc2cc(F)c(C(=O)N[C@@H](Cc3ccc(-n4c(=O)cc(C)n(C)c4=O)cc3)C(=O)O)c(F)c2)cc1. The van der Waals surface area contributed by atoms with Crippen LogP contribution in [-0.2, 0) is 28.3 Å². The molecule has 0 aliphatic carbocycles. The Hall–Kier alpha value is -5.44. The highest BCUT2D eigenvalue weighted by atomic mass is 32.2. The molecule has 0 saturated carbocycles. The summed E-state index contributed by atoms with van der Waals surface area (Å²) in [5, 5.41) is 11.8. The summed E-state index contributed by atoms with van der Waals surface area (Å²) in [6.07, 6.45) is 0.566. The first-order chi connectivity index (χ1) is 22.1. The molecule has 0 aliphatic rings. The van der Waals surface area contributed by atoms with E-state index in [-0.39, 0.29) is 29.2 Å². The number of hydrogen-bond acceptors (Lipinski definition) is 7. The van der Waals surface area contributed by atoms with Gasteiger partial charge in [-0.05, 0) is 55.3 Å². The average molecular weight is 669 g/mol. The molecule has 1 aromatic heterocycles. The molecule has 3 N–H and O–H groups in total. The molecule has 3 aromatic carbocycles. The molecule has 4 aromatic rings. The van der Waals surface area contributed by atoms with Gasteiger partial charge in [0.1, 0.15) is 23.2 Å². The number of anilines is 1. The summed E-state index contributed by atoms with van der Waals surface area (Å²) < 4.78 is 59.8. The maximum atomic E-state index is 15.0. The van der Waals surface area contributed by atoms with Crippen LogP contribution in [0.1, 0.15) is 51.7 Å². The van der Waals surface area contributed by atoms with Gasteiger partial charge in [0, 0.05) is 37.2 Å². The number of amides is 1. The second kappa shape index (κ2) is 13.9. The monoisotopic (exact) mass is 668 g/mol. The summed E-state index contributed by atoms with van der Waals surface area (Å²) in [6.45, 7) is 3.42. The van der Waals surface area contributed by atoms with Gasteiger partial charge >= 0.3 is 11.7 Å². The number of sulfonamides is 1. The van der Waals surface area contributed by atoms with E-state index in [9.17, 15) is 46.3 Å². The molecule has 1 amide bonds. The second-order valence-corrected chi connectivity index (χ2v) is 12.3. The average Bonchev–Trinajstić information content (AvgIpc) is 3.00. The van der Waals surface area contributed by atoms with E-state index in [0.717, 1.165) is 4.57 Å². The number of carbonyl (C=O) groups is 3. The van der Waals surface area contributed by atoms with Crippen molar-refractivity contribution in [2.45, 2.75) is 44.0 Å². The number of carbonyl (C=O) groups excluding carboxylic acids is 2. The van der Waals surface area contributed by atoms with E-state index in [1.54, 1.807) is 6.92 Å². The fourth-order valence-corrected chi connectivity index (χ4v) is 5.71. The molecule has 4 rings (SSSR count). The highest BCUT2D eigenvalue weighted by Gasteiger charge is 2.26. The van der Waals surface area contributed by atoms with Gasteiger partial charge in [-0.3, -0.25) is 19.1 Å². The smallest absolute Gasteiger partial charge is 0.335 e. The number of aryl methyl sites for hydroxylation is 1. The van der Waals surface area contributed by atoms with Crippen molar-refractivity contribution in [2.24, 2.45) is 7.05 Å². The number of Topliss-reactive ketones (excluding diaryl/α,β-unsaturated/α-hetero) is 1. The van der Waals surface area contributed by atoms with Crippen LogP contribution in [0.25, 0.3) is 5.69 Å². The maximum absolute atomic E-state index is 15.0. The lowest BCUT2D eigenvalue weighted by Gasteiger charge is -2.16. The van der Waals surface area contributed by atoms with Crippen LogP contribution in [0, 0.1) is 18.6 Å². The normalized spacial score (nSPS) is 11.9. The number of nitrogens with one attached hydrogen (secondary N) is 2. The lowest BCUT2D eigenvalue weighted by atomic mass is 10.0. The molecule has 47 heavy (non-hydrogen) atoms. The molecule has 15 heteroatoms. The van der Waals surface area contributed by atoms with Crippen molar-refractivity contribution in [3.05, 3.63) is 122 Å². The summed E-state index contributed by atoms with van der Waals surface area (Å²) >= 11 is 0. The summed E-state index contributed by atoms with van der Waals surface area (Å²) in [7, 11) is -2.84. The topological polar surface area (TPSA) is 174 Å². The van der Waals surface area contributed by atoms with Crippen molar-refractivity contribution in [2.75, 3.05) is 4.72 Å². The predicted octanol–water partition coefficient (Wildman–Crippen LogP) is 3.33. The van der Waals surface area contributed by atoms with Crippen LogP contribution in [-0.4, -0.2) is 46.4 Å². The Morgan fingerprint density at radius 2 is 1.53 bits per heavy atom. The predicted molar refractivity (Wildman–Crippen MR) is 167 cm³/mol. The summed E-state index contributed by atoms with van der Waals surface area (Å²) in [5.41, 5.74) is -1.49. The summed E-state index contributed by atoms with van der Waals surface area (Å²) in [5.74, 6) is -6.01. The fraction of sp³-hybridized carbons (Fsp3) is 0.219. The number of carboxylic acids is 1. The minimum atomic E-state index is -4.34. The van der Waals surface area contributed by atoms with Crippen LogP contribution < -0.4 is 21.3 Å². The van der Waals surface area contributed by atoms with Gasteiger partial charge in [0.25, 0.3) is 21.5 Å². The van der Waals surface area contributed by atoms with Gasteiger partial charge in [0.15, 0.2) is 5.78 Å². The number of ketones is 1. The van der Waals surface area contributed by atoms with Gasteiger partial charge in [-0.2, -0.15) is 0 Å². The molecular formula is C32H30F2N4O8S. The van der Waals surface area contributed by atoms with Gasteiger partial charge < -0.3 is 15.0 Å². The zero-order chi connectivity index (χ0) is 34.6. The third kappa shape index (κ3) is 7.69. The minimum absolute atomic E-state index is 0.171. The minimum Gasteiger partial charge on any atom is -0.480 e. The highest BCUT2D eigenvalue weighted by molar-refractivity contribution is 7.92. The number of benzene rings is 3. The zero-order valence-electron chi connectivity index (χ0n) is 25.4. The van der Waals surface area contributed by atoms with Gasteiger partial charge in [-0.1, -0.05) is 31.2 Å². The molecule has 0 unspecified atom stereocenters. The van der Waals surface area contributed by atoms with E-state index in [2.05, 4.69) is 5.32 Å². The molecule has 0 radical (unpaired) electrons. The largest absolute Gasteiger partial charge is 0.480 e. The Morgan fingerprint density at radius 3 is 2.09 bits per heavy atom. The number of aliphatic carboxylic acids is 1. The van der Waals surface area contributed by atoms with Gasteiger partial charge in [0.2, 0.25) is 0 Å². The zero-order valence-corrected chi connectivity index (χ0v) is 26.2. The van der Waals surface area contributed by atoms with Gasteiger partial charge in [0.05, 0.1) is 16.3 Å². The van der Waals surface area contributed by atoms with E-state index in [1.807, 2.05) is 11.6 Å². The maximum Gasteiger partial charge on any atom is 0.335 e. The molecule has 0 aliphatic heterocycles. The molecule has 0 fully saturated rings. The Labute approximate surface area is 267 Å². The number of rotatable bonds is 12. The lowest BCUT2D eigenvalue weighted by molar-refractivity contribution is -0.139. The van der Waals surface area contributed by atoms with Crippen LogP contribution in [0.5, 0.6) is 0 Å². The van der Waals surface area contributed by atoms with Crippen molar-refractivity contribution in [3.63, 3.8) is 0 Å². The van der Waals surface area contributed by atoms with E-state index in [1.165, 1.54) is 66.2 Å². The highest BCUT2D eigenvalue weighted by Crippen LogP contribution is 2.23. The second-order valence-electron chi connectivity index (χ2n) is 10.7. The number of nitrogens with zero attached hydrogens (tertiary/aromatic N) is 2. The number of hydrogen-bond donors (Lipinski definition) is 3. The Balaban J connectivity index is 1.49. The van der Waals surface area contributed by atoms with Crippen molar-refractivity contribution in [1.29, 1.82) is 0 Å². The first-order valence-corrected chi connectivity index (χ1v) is 15.7.